The molecule has 0 aliphatic rings. The van der Waals surface area contributed by atoms with Crippen LogP contribution in [0.4, 0.5) is 0 Å². The molecule has 0 spiro atoms. The number of ether oxygens (including phenoxy) is 1. The normalized spacial score (nSPS) is 10.4. The molecule has 2 aromatic rings. The predicted octanol–water partition coefficient (Wildman–Crippen LogP) is 3.11. The fraction of sp³-hybridized carbons (Fsp3) is 0.312. The Morgan fingerprint density at radius 1 is 1.38 bits per heavy atom. The van der Waals surface area contributed by atoms with E-state index < -0.39 is 5.97 Å². The van der Waals surface area contributed by atoms with E-state index in [0.29, 0.717) is 23.7 Å². The number of benzene rings is 1. The van der Waals surface area contributed by atoms with E-state index in [1.807, 2.05) is 32.0 Å². The van der Waals surface area contributed by atoms with Crippen molar-refractivity contribution < 1.29 is 14.6 Å². The molecule has 0 atom stereocenters. The fourth-order valence-electron chi connectivity index (χ4n) is 2.14. The number of hydrogen-bond donors (Lipinski definition) is 1. The maximum absolute atomic E-state index is 11.2. The average Bonchev–Trinajstić information content (AvgIpc) is 2.47. The van der Waals surface area contributed by atoms with E-state index in [2.05, 4.69) is 9.97 Å². The van der Waals surface area contributed by atoms with Crippen LogP contribution in [-0.4, -0.2) is 28.2 Å². The topological polar surface area (TPSA) is 72.3 Å². The van der Waals surface area contributed by atoms with Gasteiger partial charge >= 0.3 is 5.97 Å². The van der Waals surface area contributed by atoms with E-state index in [9.17, 15) is 9.90 Å². The summed E-state index contributed by atoms with van der Waals surface area (Å²) in [6, 6.07) is 5.74. The van der Waals surface area contributed by atoms with Crippen LogP contribution in [0.15, 0.2) is 24.4 Å². The van der Waals surface area contributed by atoms with Crippen molar-refractivity contribution >= 4 is 5.97 Å². The van der Waals surface area contributed by atoms with Crippen molar-refractivity contribution in [2.45, 2.75) is 26.7 Å². The fourth-order valence-corrected chi connectivity index (χ4v) is 2.14. The van der Waals surface area contributed by atoms with Gasteiger partial charge in [-0.3, -0.25) is 0 Å². The Morgan fingerprint density at radius 2 is 2.14 bits per heavy atom. The first-order chi connectivity index (χ1) is 10.1. The summed E-state index contributed by atoms with van der Waals surface area (Å²) < 4.78 is 5.36. The van der Waals surface area contributed by atoms with Crippen molar-refractivity contribution in [3.63, 3.8) is 0 Å². The van der Waals surface area contributed by atoms with Crippen molar-refractivity contribution in [3.05, 3.63) is 41.2 Å². The molecule has 0 radical (unpaired) electrons. The van der Waals surface area contributed by atoms with Gasteiger partial charge in [-0.25, -0.2) is 14.8 Å². The van der Waals surface area contributed by atoms with Gasteiger partial charge in [-0.15, -0.1) is 0 Å². The maximum Gasteiger partial charge on any atom is 0.339 e. The highest BCUT2D eigenvalue weighted by Gasteiger charge is 2.15. The Bertz CT molecular complexity index is 669. The summed E-state index contributed by atoms with van der Waals surface area (Å²) in [5.41, 5.74) is 2.55. The molecule has 1 aromatic carbocycles. The molecule has 1 N–H and O–H groups in total. The molecule has 0 unspecified atom stereocenters. The number of carboxylic acid groups (broad SMARTS) is 1. The predicted molar refractivity (Wildman–Crippen MR) is 79.7 cm³/mol. The van der Waals surface area contributed by atoms with Gasteiger partial charge in [0.1, 0.15) is 5.75 Å². The SMILES string of the molecule is CCCc1nc(-c2ccc(C)cc2OC)ncc1C(=O)O. The number of methoxy groups -OCH3 is 1. The second-order valence-corrected chi connectivity index (χ2v) is 4.81. The van der Waals surface area contributed by atoms with Crippen LogP contribution in [0, 0.1) is 6.92 Å². The minimum absolute atomic E-state index is 0.159. The highest BCUT2D eigenvalue weighted by Crippen LogP contribution is 2.28. The minimum atomic E-state index is -0.999. The van der Waals surface area contributed by atoms with Gasteiger partial charge in [-0.1, -0.05) is 19.4 Å². The first-order valence-corrected chi connectivity index (χ1v) is 6.81. The van der Waals surface area contributed by atoms with Gasteiger partial charge < -0.3 is 9.84 Å². The van der Waals surface area contributed by atoms with Gasteiger partial charge in [0.05, 0.1) is 23.9 Å². The van der Waals surface area contributed by atoms with Crippen LogP contribution in [0.3, 0.4) is 0 Å². The van der Waals surface area contributed by atoms with Gasteiger partial charge in [-0.2, -0.15) is 0 Å². The highest BCUT2D eigenvalue weighted by molar-refractivity contribution is 5.88. The van der Waals surface area contributed by atoms with Crippen LogP contribution in [-0.2, 0) is 6.42 Å². The maximum atomic E-state index is 11.2. The molecule has 0 aliphatic carbocycles. The van der Waals surface area contributed by atoms with Crippen molar-refractivity contribution in [2.24, 2.45) is 0 Å². The number of aryl methyl sites for hydroxylation is 2. The summed E-state index contributed by atoms with van der Waals surface area (Å²) in [7, 11) is 1.59. The van der Waals surface area contributed by atoms with Crippen LogP contribution < -0.4 is 4.74 Å². The molecule has 2 rings (SSSR count). The minimum Gasteiger partial charge on any atom is -0.496 e. The molecule has 5 heteroatoms. The van der Waals surface area contributed by atoms with Crippen LogP contribution in [0.1, 0.15) is 35.0 Å². The van der Waals surface area contributed by atoms with Crippen LogP contribution in [0.2, 0.25) is 0 Å². The molecule has 0 fully saturated rings. The molecule has 0 saturated carbocycles. The largest absolute Gasteiger partial charge is 0.496 e. The van der Waals surface area contributed by atoms with Gasteiger partial charge in [-0.05, 0) is 31.0 Å². The second kappa shape index (κ2) is 6.35. The lowest BCUT2D eigenvalue weighted by molar-refractivity contribution is 0.0694. The Morgan fingerprint density at radius 3 is 2.76 bits per heavy atom. The lowest BCUT2D eigenvalue weighted by Gasteiger charge is -2.10. The standard InChI is InChI=1S/C16H18N2O3/c1-4-5-13-12(16(19)20)9-17-15(18-13)11-7-6-10(2)8-14(11)21-3/h6-9H,4-5H2,1-3H3,(H,19,20). The Balaban J connectivity index is 2.54. The second-order valence-electron chi connectivity index (χ2n) is 4.81. The molecular formula is C16H18N2O3. The lowest BCUT2D eigenvalue weighted by atomic mass is 10.1. The van der Waals surface area contributed by atoms with E-state index in [-0.39, 0.29) is 5.56 Å². The summed E-state index contributed by atoms with van der Waals surface area (Å²) in [5.74, 6) is 0.168. The van der Waals surface area contributed by atoms with E-state index in [4.69, 9.17) is 4.74 Å². The molecule has 110 valence electrons. The van der Waals surface area contributed by atoms with Crippen molar-refractivity contribution in [2.75, 3.05) is 7.11 Å². The zero-order chi connectivity index (χ0) is 15.4. The number of rotatable bonds is 5. The highest BCUT2D eigenvalue weighted by atomic mass is 16.5. The van der Waals surface area contributed by atoms with Crippen molar-refractivity contribution in [1.82, 2.24) is 9.97 Å². The summed E-state index contributed by atoms with van der Waals surface area (Å²) in [4.78, 5) is 19.8. The monoisotopic (exact) mass is 286 g/mol. The number of carbonyl (C=O) groups is 1. The molecule has 0 saturated heterocycles. The first-order valence-electron chi connectivity index (χ1n) is 6.81. The van der Waals surface area contributed by atoms with E-state index in [1.54, 1.807) is 7.11 Å². The molecule has 1 aromatic heterocycles. The molecule has 0 bridgehead atoms. The molecule has 1 heterocycles. The Hall–Kier alpha value is -2.43. The number of nitrogens with zero attached hydrogens (tertiary/aromatic N) is 2. The van der Waals surface area contributed by atoms with Crippen molar-refractivity contribution in [1.29, 1.82) is 0 Å². The summed E-state index contributed by atoms with van der Waals surface area (Å²) in [5, 5.41) is 9.19. The van der Waals surface area contributed by atoms with E-state index in [1.165, 1.54) is 6.20 Å². The summed E-state index contributed by atoms with van der Waals surface area (Å²) >= 11 is 0. The van der Waals surface area contributed by atoms with Crippen LogP contribution in [0.5, 0.6) is 5.75 Å². The molecular weight excluding hydrogens is 268 g/mol. The average molecular weight is 286 g/mol. The van der Waals surface area contributed by atoms with Gasteiger partial charge in [0, 0.05) is 6.20 Å². The van der Waals surface area contributed by atoms with Gasteiger partial charge in [0.25, 0.3) is 0 Å². The third-order valence-corrected chi connectivity index (χ3v) is 3.18. The molecule has 0 aliphatic heterocycles. The molecule has 5 nitrogen and oxygen atoms in total. The summed E-state index contributed by atoms with van der Waals surface area (Å²) in [6.45, 7) is 3.96. The van der Waals surface area contributed by atoms with Crippen LogP contribution >= 0.6 is 0 Å². The quantitative estimate of drug-likeness (QED) is 0.914. The smallest absolute Gasteiger partial charge is 0.339 e. The third kappa shape index (κ3) is 3.18. The zero-order valence-electron chi connectivity index (χ0n) is 12.4. The van der Waals surface area contributed by atoms with Crippen LogP contribution in [0.25, 0.3) is 11.4 Å². The molecule has 21 heavy (non-hydrogen) atoms. The number of hydrogen-bond acceptors (Lipinski definition) is 4. The number of carboxylic acids is 1. The first kappa shape index (κ1) is 15.0. The zero-order valence-corrected chi connectivity index (χ0v) is 12.4. The summed E-state index contributed by atoms with van der Waals surface area (Å²) in [6.07, 6.45) is 2.79. The lowest BCUT2D eigenvalue weighted by Crippen LogP contribution is -2.07. The third-order valence-electron chi connectivity index (χ3n) is 3.18. The van der Waals surface area contributed by atoms with E-state index in [0.717, 1.165) is 17.5 Å². The number of aromatic nitrogens is 2. The Labute approximate surface area is 123 Å². The van der Waals surface area contributed by atoms with E-state index >= 15 is 0 Å². The van der Waals surface area contributed by atoms with Gasteiger partial charge in [0.2, 0.25) is 0 Å². The van der Waals surface area contributed by atoms with Gasteiger partial charge in [0.15, 0.2) is 5.82 Å². The number of aromatic carboxylic acids is 1. The molecule has 0 amide bonds. The Kier molecular flexibility index (Phi) is 4.52. The van der Waals surface area contributed by atoms with Crippen molar-refractivity contribution in [3.8, 4) is 17.1 Å².